The molecule has 6 nitrogen and oxygen atoms in total. The van der Waals surface area contributed by atoms with Gasteiger partial charge >= 0.3 is 0 Å². The number of carbonyl (C=O) groups excluding carboxylic acids is 1. The molecule has 1 heterocycles. The lowest BCUT2D eigenvalue weighted by molar-refractivity contribution is 0.102. The molecule has 1 amide bonds. The van der Waals surface area contributed by atoms with Crippen LogP contribution in [0.4, 0.5) is 14.5 Å². The largest absolute Gasteiger partial charge is 0.322 e. The van der Waals surface area contributed by atoms with Crippen molar-refractivity contribution in [3.8, 4) is 5.69 Å². The molecule has 0 fully saturated rings. The molecule has 0 radical (unpaired) electrons. The van der Waals surface area contributed by atoms with Gasteiger partial charge in [0.15, 0.2) is 9.84 Å². The molecule has 0 aliphatic heterocycles. The number of halogens is 2. The molecule has 1 N–H and O–H groups in total. The molecule has 140 valence electrons. The SMILES string of the molecule is CS(=O)(=O)Cc1ccc(NC(=O)c2cnn(-c3ccccc3F)c2)cc1F. The van der Waals surface area contributed by atoms with Crippen LogP contribution in [0.3, 0.4) is 0 Å². The molecule has 1 aromatic heterocycles. The van der Waals surface area contributed by atoms with E-state index in [1.165, 1.54) is 47.4 Å². The van der Waals surface area contributed by atoms with Crippen molar-refractivity contribution in [2.24, 2.45) is 0 Å². The van der Waals surface area contributed by atoms with Gasteiger partial charge in [-0.05, 0) is 24.3 Å². The minimum Gasteiger partial charge on any atom is -0.322 e. The highest BCUT2D eigenvalue weighted by Gasteiger charge is 2.14. The maximum absolute atomic E-state index is 14.0. The molecule has 0 aliphatic rings. The van der Waals surface area contributed by atoms with Gasteiger partial charge in [-0.1, -0.05) is 18.2 Å². The topological polar surface area (TPSA) is 81.1 Å². The summed E-state index contributed by atoms with van der Waals surface area (Å²) in [5.41, 5.74) is 0.517. The van der Waals surface area contributed by atoms with Gasteiger partial charge in [-0.15, -0.1) is 0 Å². The van der Waals surface area contributed by atoms with Crippen LogP contribution < -0.4 is 5.32 Å². The molecule has 0 saturated carbocycles. The fourth-order valence-electron chi connectivity index (χ4n) is 2.44. The maximum Gasteiger partial charge on any atom is 0.258 e. The number of nitrogens with one attached hydrogen (secondary N) is 1. The predicted octanol–water partition coefficient (Wildman–Crippen LogP) is 2.95. The van der Waals surface area contributed by atoms with Crippen molar-refractivity contribution < 1.29 is 22.0 Å². The van der Waals surface area contributed by atoms with E-state index < -0.39 is 33.1 Å². The maximum atomic E-state index is 14.0. The van der Waals surface area contributed by atoms with Crippen molar-refractivity contribution in [2.75, 3.05) is 11.6 Å². The summed E-state index contributed by atoms with van der Waals surface area (Å²) >= 11 is 0. The summed E-state index contributed by atoms with van der Waals surface area (Å²) in [5.74, 6) is -2.22. The van der Waals surface area contributed by atoms with Crippen LogP contribution in [-0.4, -0.2) is 30.4 Å². The number of nitrogens with zero attached hydrogens (tertiary/aromatic N) is 2. The summed E-state index contributed by atoms with van der Waals surface area (Å²) in [5, 5.41) is 6.45. The Morgan fingerprint density at radius 3 is 2.56 bits per heavy atom. The molecule has 3 rings (SSSR count). The van der Waals surface area contributed by atoms with Gasteiger partial charge in [0.05, 0.1) is 17.5 Å². The molecule has 0 atom stereocenters. The Bertz CT molecular complexity index is 1110. The Hall–Kier alpha value is -3.07. The van der Waals surface area contributed by atoms with Gasteiger partial charge in [-0.3, -0.25) is 4.79 Å². The summed E-state index contributed by atoms with van der Waals surface area (Å²) in [4.78, 5) is 12.3. The van der Waals surface area contributed by atoms with Gasteiger partial charge in [-0.25, -0.2) is 21.9 Å². The van der Waals surface area contributed by atoms with E-state index in [0.717, 1.165) is 12.3 Å². The van der Waals surface area contributed by atoms with Crippen LogP contribution >= 0.6 is 0 Å². The first-order valence-corrected chi connectivity index (χ1v) is 9.86. The fraction of sp³-hybridized carbons (Fsp3) is 0.111. The monoisotopic (exact) mass is 391 g/mol. The number of hydrogen-bond acceptors (Lipinski definition) is 4. The molecule has 0 spiro atoms. The second-order valence-corrected chi connectivity index (χ2v) is 8.10. The first-order valence-electron chi connectivity index (χ1n) is 7.80. The molecular weight excluding hydrogens is 376 g/mol. The van der Waals surface area contributed by atoms with Crippen LogP contribution in [0, 0.1) is 11.6 Å². The first kappa shape index (κ1) is 18.7. The van der Waals surface area contributed by atoms with Gasteiger partial charge in [0.2, 0.25) is 0 Å². The zero-order chi connectivity index (χ0) is 19.6. The van der Waals surface area contributed by atoms with E-state index in [1.807, 2.05) is 0 Å². The van der Waals surface area contributed by atoms with Crippen LogP contribution in [0.25, 0.3) is 5.69 Å². The van der Waals surface area contributed by atoms with Crippen molar-refractivity contribution in [1.82, 2.24) is 9.78 Å². The number of benzene rings is 2. The number of rotatable bonds is 5. The number of para-hydroxylation sites is 1. The highest BCUT2D eigenvalue weighted by atomic mass is 32.2. The Morgan fingerprint density at radius 1 is 1.15 bits per heavy atom. The number of hydrogen-bond donors (Lipinski definition) is 1. The number of aromatic nitrogens is 2. The van der Waals surface area contributed by atoms with Crippen LogP contribution in [0.5, 0.6) is 0 Å². The lowest BCUT2D eigenvalue weighted by atomic mass is 10.2. The van der Waals surface area contributed by atoms with Gasteiger partial charge in [0.1, 0.15) is 17.3 Å². The van der Waals surface area contributed by atoms with Gasteiger partial charge < -0.3 is 5.32 Å². The van der Waals surface area contributed by atoms with E-state index >= 15 is 0 Å². The summed E-state index contributed by atoms with van der Waals surface area (Å²) in [6.45, 7) is 0. The van der Waals surface area contributed by atoms with Crippen molar-refractivity contribution in [3.05, 3.63) is 77.6 Å². The van der Waals surface area contributed by atoms with Crippen molar-refractivity contribution >= 4 is 21.4 Å². The molecule has 0 bridgehead atoms. The smallest absolute Gasteiger partial charge is 0.258 e. The molecular formula is C18H15F2N3O3S. The Balaban J connectivity index is 1.76. The number of sulfone groups is 1. The predicted molar refractivity (Wildman–Crippen MR) is 96.4 cm³/mol. The van der Waals surface area contributed by atoms with Crippen LogP contribution in [0.2, 0.25) is 0 Å². The Labute approximate surface area is 154 Å². The molecule has 0 aliphatic carbocycles. The van der Waals surface area contributed by atoms with Crippen molar-refractivity contribution in [3.63, 3.8) is 0 Å². The van der Waals surface area contributed by atoms with Gasteiger partial charge in [-0.2, -0.15) is 5.10 Å². The Kier molecular flexibility index (Phi) is 5.04. The van der Waals surface area contributed by atoms with E-state index in [0.29, 0.717) is 0 Å². The van der Waals surface area contributed by atoms with E-state index in [2.05, 4.69) is 10.4 Å². The number of anilines is 1. The average molecular weight is 391 g/mol. The summed E-state index contributed by atoms with van der Waals surface area (Å²) in [7, 11) is -3.37. The molecule has 9 heteroatoms. The molecule has 0 unspecified atom stereocenters. The van der Waals surface area contributed by atoms with Crippen molar-refractivity contribution in [2.45, 2.75) is 5.75 Å². The lowest BCUT2D eigenvalue weighted by Crippen LogP contribution is -2.12. The van der Waals surface area contributed by atoms with Gasteiger partial charge in [0.25, 0.3) is 5.91 Å². The third-order valence-electron chi connectivity index (χ3n) is 3.67. The second-order valence-electron chi connectivity index (χ2n) is 5.96. The van der Waals surface area contributed by atoms with E-state index in [9.17, 15) is 22.0 Å². The molecule has 0 saturated heterocycles. The quantitative estimate of drug-likeness (QED) is 0.725. The highest BCUT2D eigenvalue weighted by molar-refractivity contribution is 7.89. The highest BCUT2D eigenvalue weighted by Crippen LogP contribution is 2.18. The normalized spacial score (nSPS) is 11.4. The lowest BCUT2D eigenvalue weighted by Gasteiger charge is -2.07. The summed E-state index contributed by atoms with van der Waals surface area (Å²) < 4.78 is 51.6. The first-order chi connectivity index (χ1) is 12.7. The number of carbonyl (C=O) groups is 1. The molecule has 2 aromatic carbocycles. The zero-order valence-electron chi connectivity index (χ0n) is 14.2. The summed E-state index contributed by atoms with van der Waals surface area (Å²) in [6, 6.07) is 9.72. The number of amides is 1. The van der Waals surface area contributed by atoms with Gasteiger partial charge in [0, 0.05) is 23.7 Å². The molecule has 27 heavy (non-hydrogen) atoms. The zero-order valence-corrected chi connectivity index (χ0v) is 15.0. The minimum absolute atomic E-state index is 0.0165. The van der Waals surface area contributed by atoms with E-state index in [1.54, 1.807) is 6.07 Å². The third-order valence-corrected chi connectivity index (χ3v) is 4.51. The standard InChI is InChI=1S/C18H15F2N3O3S/c1-27(25,26)11-12-6-7-14(8-16(12)20)22-18(24)13-9-21-23(10-13)17-5-3-2-4-15(17)19/h2-10H,11H2,1H3,(H,22,24). The minimum atomic E-state index is -3.37. The van der Waals surface area contributed by atoms with Crippen LogP contribution in [-0.2, 0) is 15.6 Å². The van der Waals surface area contributed by atoms with Crippen molar-refractivity contribution in [1.29, 1.82) is 0 Å². The van der Waals surface area contributed by atoms with E-state index in [4.69, 9.17) is 0 Å². The Morgan fingerprint density at radius 2 is 1.89 bits per heavy atom. The average Bonchev–Trinajstić information content (AvgIpc) is 3.07. The molecule has 3 aromatic rings. The van der Waals surface area contributed by atoms with E-state index in [-0.39, 0.29) is 22.5 Å². The third kappa shape index (κ3) is 4.56. The van der Waals surface area contributed by atoms with Crippen LogP contribution in [0.15, 0.2) is 54.9 Å². The van der Waals surface area contributed by atoms with Crippen LogP contribution in [0.1, 0.15) is 15.9 Å². The second kappa shape index (κ2) is 7.28. The fourth-order valence-corrected chi connectivity index (χ4v) is 3.24. The summed E-state index contributed by atoms with van der Waals surface area (Å²) in [6.07, 6.45) is 3.62.